The first-order valence-electron chi connectivity index (χ1n) is 10.8. The lowest BCUT2D eigenvalue weighted by molar-refractivity contribution is -0.168. The van der Waals surface area contributed by atoms with E-state index in [9.17, 15) is 9.90 Å². The summed E-state index contributed by atoms with van der Waals surface area (Å²) >= 11 is 11.5. The summed E-state index contributed by atoms with van der Waals surface area (Å²) in [7, 11) is 0. The van der Waals surface area contributed by atoms with Crippen molar-refractivity contribution in [2.24, 2.45) is 22.7 Å². The van der Waals surface area contributed by atoms with Crippen LogP contribution in [0.4, 0.5) is 0 Å². The van der Waals surface area contributed by atoms with Crippen molar-refractivity contribution in [3.05, 3.63) is 0 Å². The molecule has 8 unspecified atom stereocenters. The maximum Gasteiger partial charge on any atom is 0.207 e. The Labute approximate surface area is 185 Å². The van der Waals surface area contributed by atoms with Gasteiger partial charge in [0.05, 0.1) is 38.9 Å². The Kier molecular flexibility index (Phi) is 6.28. The number of isothiocyanates is 1. The van der Waals surface area contributed by atoms with Gasteiger partial charge in [-0.25, -0.2) is 4.99 Å². The first-order chi connectivity index (χ1) is 13.4. The van der Waals surface area contributed by atoms with Crippen molar-refractivity contribution in [3.63, 3.8) is 0 Å². The summed E-state index contributed by atoms with van der Waals surface area (Å²) in [5.74, 6) is 0.277. The van der Waals surface area contributed by atoms with Crippen LogP contribution in [0, 0.1) is 17.8 Å². The second-order valence-electron chi connectivity index (χ2n) is 10.6. The van der Waals surface area contributed by atoms with Crippen molar-refractivity contribution in [2.45, 2.75) is 107 Å². The highest BCUT2D eigenvalue weighted by molar-refractivity contribution is 7.78. The maximum absolute atomic E-state index is 11.5. The molecule has 2 aliphatic carbocycles. The van der Waals surface area contributed by atoms with Crippen LogP contribution in [0.5, 0.6) is 0 Å². The number of nitrogens with one attached hydrogen (secondary N) is 1. The summed E-state index contributed by atoms with van der Waals surface area (Å²) in [5.41, 5.74) is -1.35. The van der Waals surface area contributed by atoms with Gasteiger partial charge in [0.2, 0.25) is 6.41 Å². The summed E-state index contributed by atoms with van der Waals surface area (Å²) in [4.78, 5) is 15.4. The van der Waals surface area contributed by atoms with Gasteiger partial charge in [0.25, 0.3) is 0 Å². The van der Waals surface area contributed by atoms with Crippen LogP contribution in [0.1, 0.15) is 73.1 Å². The van der Waals surface area contributed by atoms with E-state index in [-0.39, 0.29) is 35.0 Å². The monoisotopic (exact) mass is 442 g/mol. The lowest BCUT2D eigenvalue weighted by atomic mass is 9.51. The molecule has 164 valence electrons. The van der Waals surface area contributed by atoms with Gasteiger partial charge in [0, 0.05) is 0 Å². The molecule has 29 heavy (non-hydrogen) atoms. The molecular formula is C22H35ClN2O3S. The lowest BCUT2D eigenvalue weighted by Crippen LogP contribution is -2.66. The third kappa shape index (κ3) is 4.04. The van der Waals surface area contributed by atoms with Gasteiger partial charge in [0.15, 0.2) is 0 Å². The van der Waals surface area contributed by atoms with E-state index in [1.54, 1.807) is 0 Å². The van der Waals surface area contributed by atoms with Gasteiger partial charge in [-0.05, 0) is 103 Å². The SMILES string of the molecule is CC(C)(Cl)C1CCC(C)(C2CCC(C)(N=C=S)C3CCC(C)(NC=O)C(O)C32)O1. The van der Waals surface area contributed by atoms with E-state index in [4.69, 9.17) is 28.6 Å². The molecule has 1 amide bonds. The highest BCUT2D eigenvalue weighted by Gasteiger charge is 2.61. The van der Waals surface area contributed by atoms with Crippen LogP contribution in [0.25, 0.3) is 0 Å². The Bertz CT molecular complexity index is 694. The summed E-state index contributed by atoms with van der Waals surface area (Å²) in [6.07, 6.45) is 5.19. The predicted molar refractivity (Wildman–Crippen MR) is 118 cm³/mol. The van der Waals surface area contributed by atoms with Crippen molar-refractivity contribution < 1.29 is 14.6 Å². The number of hydrogen-bond acceptors (Lipinski definition) is 5. The number of carbonyl (C=O) groups is 1. The highest BCUT2D eigenvalue weighted by Crippen LogP contribution is 2.58. The van der Waals surface area contributed by atoms with Gasteiger partial charge in [0.1, 0.15) is 0 Å². The number of fused-ring (bicyclic) bond motifs is 1. The minimum atomic E-state index is -0.681. The fourth-order valence-electron chi connectivity index (χ4n) is 6.36. The van der Waals surface area contributed by atoms with Crippen molar-refractivity contribution in [3.8, 4) is 0 Å². The van der Waals surface area contributed by atoms with Crippen LogP contribution in [0.2, 0.25) is 0 Å². The minimum absolute atomic E-state index is 0.0138. The number of aliphatic hydroxyl groups is 1. The van der Waals surface area contributed by atoms with E-state index >= 15 is 0 Å². The summed E-state index contributed by atoms with van der Waals surface area (Å²) in [6, 6.07) is 0. The fraction of sp³-hybridized carbons (Fsp3) is 0.909. The smallest absolute Gasteiger partial charge is 0.207 e. The van der Waals surface area contributed by atoms with E-state index in [0.717, 1.165) is 32.1 Å². The van der Waals surface area contributed by atoms with Gasteiger partial charge < -0.3 is 15.2 Å². The van der Waals surface area contributed by atoms with Crippen LogP contribution >= 0.6 is 23.8 Å². The Balaban J connectivity index is 1.98. The number of ether oxygens (including phenoxy) is 1. The molecule has 2 N–H and O–H groups in total. The van der Waals surface area contributed by atoms with Crippen LogP contribution in [-0.2, 0) is 9.53 Å². The molecule has 2 saturated carbocycles. The predicted octanol–water partition coefficient (Wildman–Crippen LogP) is 4.10. The van der Waals surface area contributed by atoms with E-state index in [2.05, 4.69) is 29.3 Å². The average Bonchev–Trinajstić information content (AvgIpc) is 3.03. The summed E-state index contributed by atoms with van der Waals surface area (Å²) < 4.78 is 6.61. The molecule has 1 heterocycles. The number of alkyl halides is 1. The Morgan fingerprint density at radius 1 is 1.21 bits per heavy atom. The van der Waals surface area contributed by atoms with E-state index in [1.807, 2.05) is 20.8 Å². The molecule has 0 radical (unpaired) electrons. The third-order valence-corrected chi connectivity index (χ3v) is 8.57. The van der Waals surface area contributed by atoms with Crippen molar-refractivity contribution in [1.29, 1.82) is 0 Å². The van der Waals surface area contributed by atoms with Gasteiger partial charge >= 0.3 is 0 Å². The molecule has 5 nitrogen and oxygen atoms in total. The molecule has 1 aliphatic heterocycles. The lowest BCUT2D eigenvalue weighted by Gasteiger charge is -2.58. The largest absolute Gasteiger partial charge is 0.390 e. The van der Waals surface area contributed by atoms with Gasteiger partial charge in [-0.1, -0.05) is 0 Å². The zero-order valence-corrected chi connectivity index (χ0v) is 19.8. The number of carbonyl (C=O) groups excluding carboxylic acids is 1. The number of amides is 1. The summed E-state index contributed by atoms with van der Waals surface area (Å²) in [5, 5.41) is 17.0. The topological polar surface area (TPSA) is 70.9 Å². The number of aliphatic hydroxyl groups excluding tert-OH is 1. The quantitative estimate of drug-likeness (QED) is 0.291. The average molecular weight is 443 g/mol. The number of hydrogen-bond donors (Lipinski definition) is 2. The number of aliphatic imine (C=N–C) groups is 1. The molecule has 3 rings (SSSR count). The van der Waals surface area contributed by atoms with Gasteiger partial charge in [-0.3, -0.25) is 4.79 Å². The molecule has 0 bridgehead atoms. The number of thiocarbonyl (C=S) groups is 1. The molecule has 3 fully saturated rings. The molecule has 8 atom stereocenters. The van der Waals surface area contributed by atoms with E-state index < -0.39 is 16.5 Å². The second kappa shape index (κ2) is 7.87. The standard InChI is InChI=1S/C22H35ClN2O3S/c1-19(2,23)16-8-11-22(5,28-16)15-7-9-20(3,25-13-29)14-6-10-21(4,24-12-26)18(27)17(14)15/h12,14-18,27H,6-11H2,1-5H3,(H,24,26). The molecule has 3 aliphatic rings. The number of nitrogens with zero attached hydrogens (tertiary/aromatic N) is 1. The second-order valence-corrected chi connectivity index (χ2v) is 11.7. The fourth-order valence-corrected chi connectivity index (χ4v) is 6.72. The first kappa shape index (κ1) is 23.1. The van der Waals surface area contributed by atoms with Crippen LogP contribution in [0.15, 0.2) is 4.99 Å². The Morgan fingerprint density at radius 3 is 2.41 bits per heavy atom. The van der Waals surface area contributed by atoms with Crippen LogP contribution < -0.4 is 5.32 Å². The normalized spacial score (nSPS) is 47.8. The van der Waals surface area contributed by atoms with Crippen molar-refractivity contribution in [2.75, 3.05) is 0 Å². The molecule has 1 saturated heterocycles. The zero-order valence-electron chi connectivity index (χ0n) is 18.2. The van der Waals surface area contributed by atoms with Crippen molar-refractivity contribution in [1.82, 2.24) is 5.32 Å². The van der Waals surface area contributed by atoms with Gasteiger partial charge in [-0.2, -0.15) is 0 Å². The molecule has 7 heteroatoms. The molecule has 0 spiro atoms. The highest BCUT2D eigenvalue weighted by atomic mass is 35.5. The summed E-state index contributed by atoms with van der Waals surface area (Å²) in [6.45, 7) is 10.2. The molecule has 0 aromatic carbocycles. The van der Waals surface area contributed by atoms with E-state index in [0.29, 0.717) is 12.8 Å². The maximum atomic E-state index is 11.5. The van der Waals surface area contributed by atoms with Crippen LogP contribution in [0.3, 0.4) is 0 Å². The Morgan fingerprint density at radius 2 is 1.86 bits per heavy atom. The zero-order chi connectivity index (χ0) is 21.7. The third-order valence-electron chi connectivity index (χ3n) is 8.24. The molecule has 0 aromatic heterocycles. The minimum Gasteiger partial charge on any atom is -0.390 e. The molecule has 0 aromatic rings. The number of halogens is 1. The van der Waals surface area contributed by atoms with Gasteiger partial charge in [-0.15, -0.1) is 11.6 Å². The van der Waals surface area contributed by atoms with Crippen molar-refractivity contribution >= 4 is 35.4 Å². The number of rotatable bonds is 5. The molecular weight excluding hydrogens is 408 g/mol. The van der Waals surface area contributed by atoms with E-state index in [1.165, 1.54) is 0 Å². The van der Waals surface area contributed by atoms with Crippen LogP contribution in [-0.4, -0.2) is 50.4 Å². The first-order valence-corrected chi connectivity index (χ1v) is 11.5. The Hall–Kier alpha value is -0.520.